The van der Waals surface area contributed by atoms with Gasteiger partial charge < -0.3 is 4.98 Å². The second-order valence-electron chi connectivity index (χ2n) is 5.83. The maximum Gasteiger partial charge on any atom is 0.181 e. The second kappa shape index (κ2) is 5.52. The number of allylic oxidation sites excluding steroid dienone is 3. The van der Waals surface area contributed by atoms with Crippen molar-refractivity contribution < 1.29 is 0 Å². The van der Waals surface area contributed by atoms with Gasteiger partial charge in [-0.15, -0.1) is 0 Å². The maximum atomic E-state index is 4.58. The number of nitrogens with one attached hydrogen (secondary N) is 2. The number of aromatic amines is 2. The van der Waals surface area contributed by atoms with E-state index in [4.69, 9.17) is 0 Å². The highest BCUT2D eigenvalue weighted by Crippen LogP contribution is 2.27. The van der Waals surface area contributed by atoms with Crippen molar-refractivity contribution in [3.63, 3.8) is 0 Å². The number of aliphatic imine (C=N–C) groups is 1. The SMILES string of the molecule is C1=CCN=C(c2cnc3n[nH]c(-c4cc5ncccc5[nH]4)c3c2)C=C1. The molecule has 0 aliphatic carbocycles. The number of rotatable bonds is 2. The van der Waals surface area contributed by atoms with E-state index in [2.05, 4.69) is 36.2 Å². The lowest BCUT2D eigenvalue weighted by Crippen LogP contribution is -1.98. The van der Waals surface area contributed by atoms with Crippen molar-refractivity contribution >= 4 is 27.8 Å². The molecule has 4 aromatic heterocycles. The first-order chi connectivity index (χ1) is 12.4. The number of H-pyrrole nitrogens is 2. The molecule has 5 rings (SSSR count). The van der Waals surface area contributed by atoms with Gasteiger partial charge in [0.2, 0.25) is 0 Å². The van der Waals surface area contributed by atoms with Crippen molar-refractivity contribution in [1.82, 2.24) is 25.1 Å². The van der Waals surface area contributed by atoms with Gasteiger partial charge in [0.1, 0.15) is 0 Å². The monoisotopic (exact) mass is 326 g/mol. The summed E-state index contributed by atoms with van der Waals surface area (Å²) in [6, 6.07) is 8.01. The zero-order valence-corrected chi connectivity index (χ0v) is 13.3. The third kappa shape index (κ3) is 2.35. The summed E-state index contributed by atoms with van der Waals surface area (Å²) in [5.74, 6) is 0. The molecule has 5 heterocycles. The molecule has 0 bridgehead atoms. The Hall–Kier alpha value is -3.54. The standard InChI is InChI=1S/C19H14N6/c1-2-5-14(20-7-3-1)12-9-13-18(24-25-19(13)22-11-12)17-10-16-15(23-17)6-4-8-21-16/h1-6,8-11,23H,7H2,(H,22,24,25). The molecule has 0 amide bonds. The van der Waals surface area contributed by atoms with E-state index in [1.54, 1.807) is 6.20 Å². The quantitative estimate of drug-likeness (QED) is 0.592. The molecule has 0 atom stereocenters. The zero-order chi connectivity index (χ0) is 16.6. The molecule has 1 aliphatic heterocycles. The van der Waals surface area contributed by atoms with Crippen molar-refractivity contribution in [2.45, 2.75) is 0 Å². The fraction of sp³-hybridized carbons (Fsp3) is 0.0526. The third-order valence-electron chi connectivity index (χ3n) is 4.23. The highest BCUT2D eigenvalue weighted by molar-refractivity contribution is 6.11. The average Bonchev–Trinajstić information content (AvgIpc) is 3.15. The van der Waals surface area contributed by atoms with Crippen LogP contribution in [0.3, 0.4) is 0 Å². The van der Waals surface area contributed by atoms with E-state index in [1.807, 2.05) is 48.7 Å². The van der Waals surface area contributed by atoms with Crippen LogP contribution in [0.15, 0.2) is 66.0 Å². The van der Waals surface area contributed by atoms with Crippen LogP contribution in [-0.4, -0.2) is 37.4 Å². The minimum absolute atomic E-state index is 0.673. The Kier molecular flexibility index (Phi) is 3.06. The van der Waals surface area contributed by atoms with E-state index >= 15 is 0 Å². The molecule has 6 heteroatoms. The minimum Gasteiger partial charge on any atom is -0.352 e. The molecular formula is C19H14N6. The Labute approximate surface area is 143 Å². The fourth-order valence-electron chi connectivity index (χ4n) is 3.01. The average molecular weight is 326 g/mol. The Morgan fingerprint density at radius 2 is 2.08 bits per heavy atom. The first kappa shape index (κ1) is 13.9. The molecule has 1 aliphatic rings. The summed E-state index contributed by atoms with van der Waals surface area (Å²) < 4.78 is 0. The molecule has 120 valence electrons. The molecule has 2 N–H and O–H groups in total. The van der Waals surface area contributed by atoms with E-state index < -0.39 is 0 Å². The molecule has 0 saturated heterocycles. The summed E-state index contributed by atoms with van der Waals surface area (Å²) in [6.45, 7) is 0.673. The molecule has 0 fully saturated rings. The Morgan fingerprint density at radius 3 is 3.04 bits per heavy atom. The van der Waals surface area contributed by atoms with Gasteiger partial charge in [-0.2, -0.15) is 5.10 Å². The molecule has 0 aromatic carbocycles. The Morgan fingerprint density at radius 1 is 1.08 bits per heavy atom. The van der Waals surface area contributed by atoms with E-state index in [-0.39, 0.29) is 0 Å². The van der Waals surface area contributed by atoms with Crippen LogP contribution in [0.1, 0.15) is 5.56 Å². The summed E-state index contributed by atoms with van der Waals surface area (Å²) >= 11 is 0. The van der Waals surface area contributed by atoms with Crippen LogP contribution >= 0.6 is 0 Å². The molecule has 4 aromatic rings. The summed E-state index contributed by atoms with van der Waals surface area (Å²) in [4.78, 5) is 16.8. The van der Waals surface area contributed by atoms with Gasteiger partial charge in [-0.05, 0) is 30.3 Å². The van der Waals surface area contributed by atoms with Gasteiger partial charge in [0.25, 0.3) is 0 Å². The normalized spacial score (nSPS) is 14.2. The number of nitrogens with zero attached hydrogens (tertiary/aromatic N) is 4. The zero-order valence-electron chi connectivity index (χ0n) is 13.3. The summed E-state index contributed by atoms with van der Waals surface area (Å²) in [5, 5.41) is 8.37. The molecule has 6 nitrogen and oxygen atoms in total. The summed E-state index contributed by atoms with van der Waals surface area (Å²) in [6.07, 6.45) is 11.6. The Bertz CT molecular complexity index is 1140. The van der Waals surface area contributed by atoms with Crippen molar-refractivity contribution in [2.75, 3.05) is 6.54 Å². The lowest BCUT2D eigenvalue weighted by molar-refractivity contribution is 1.10. The maximum absolute atomic E-state index is 4.58. The number of aromatic nitrogens is 5. The van der Waals surface area contributed by atoms with Gasteiger partial charge in [0.15, 0.2) is 5.65 Å². The van der Waals surface area contributed by atoms with Gasteiger partial charge >= 0.3 is 0 Å². The van der Waals surface area contributed by atoms with Crippen LogP contribution in [0.4, 0.5) is 0 Å². The van der Waals surface area contributed by atoms with E-state index in [0.717, 1.165) is 39.1 Å². The predicted octanol–water partition coefficient (Wildman–Crippen LogP) is 3.42. The van der Waals surface area contributed by atoms with Gasteiger partial charge in [-0.3, -0.25) is 15.1 Å². The van der Waals surface area contributed by atoms with Gasteiger partial charge in [0.05, 0.1) is 34.7 Å². The fourth-order valence-corrected chi connectivity index (χ4v) is 3.01. The number of hydrogen-bond acceptors (Lipinski definition) is 4. The van der Waals surface area contributed by atoms with Crippen LogP contribution < -0.4 is 0 Å². The van der Waals surface area contributed by atoms with Crippen molar-refractivity contribution in [3.05, 3.63) is 66.5 Å². The number of pyridine rings is 2. The van der Waals surface area contributed by atoms with Gasteiger partial charge in [0, 0.05) is 23.3 Å². The second-order valence-corrected chi connectivity index (χ2v) is 5.83. The van der Waals surface area contributed by atoms with Crippen molar-refractivity contribution in [2.24, 2.45) is 4.99 Å². The topological polar surface area (TPSA) is 82.6 Å². The highest BCUT2D eigenvalue weighted by Gasteiger charge is 2.13. The molecule has 0 unspecified atom stereocenters. The van der Waals surface area contributed by atoms with Crippen molar-refractivity contribution in [1.29, 1.82) is 0 Å². The van der Waals surface area contributed by atoms with E-state index in [9.17, 15) is 0 Å². The predicted molar refractivity (Wildman–Crippen MR) is 98.7 cm³/mol. The number of fused-ring (bicyclic) bond motifs is 2. The van der Waals surface area contributed by atoms with Crippen LogP contribution in [0.5, 0.6) is 0 Å². The molecule has 0 saturated carbocycles. The first-order valence-corrected chi connectivity index (χ1v) is 8.05. The van der Waals surface area contributed by atoms with Crippen LogP contribution in [0, 0.1) is 0 Å². The summed E-state index contributed by atoms with van der Waals surface area (Å²) in [7, 11) is 0. The van der Waals surface area contributed by atoms with Crippen LogP contribution in [0.25, 0.3) is 33.5 Å². The molecule has 25 heavy (non-hydrogen) atoms. The largest absolute Gasteiger partial charge is 0.352 e. The lowest BCUT2D eigenvalue weighted by Gasteiger charge is -2.01. The Balaban J connectivity index is 1.66. The van der Waals surface area contributed by atoms with Crippen LogP contribution in [0.2, 0.25) is 0 Å². The third-order valence-corrected chi connectivity index (χ3v) is 4.23. The molecule has 0 radical (unpaired) electrons. The van der Waals surface area contributed by atoms with Crippen molar-refractivity contribution in [3.8, 4) is 11.4 Å². The minimum atomic E-state index is 0.673. The van der Waals surface area contributed by atoms with Gasteiger partial charge in [-0.1, -0.05) is 18.2 Å². The van der Waals surface area contributed by atoms with E-state index in [0.29, 0.717) is 12.2 Å². The molecule has 0 spiro atoms. The van der Waals surface area contributed by atoms with Gasteiger partial charge in [-0.25, -0.2) is 4.98 Å². The first-order valence-electron chi connectivity index (χ1n) is 8.05. The molecular weight excluding hydrogens is 312 g/mol. The summed E-state index contributed by atoms with van der Waals surface area (Å²) in [5.41, 5.74) is 6.34. The van der Waals surface area contributed by atoms with E-state index in [1.165, 1.54) is 0 Å². The van der Waals surface area contributed by atoms with Crippen LogP contribution in [-0.2, 0) is 0 Å². The smallest absolute Gasteiger partial charge is 0.181 e. The highest BCUT2D eigenvalue weighted by atomic mass is 15.2. The lowest BCUT2D eigenvalue weighted by atomic mass is 10.1. The number of hydrogen-bond donors (Lipinski definition) is 2.